The van der Waals surface area contributed by atoms with Gasteiger partial charge in [-0.15, -0.1) is 0 Å². The van der Waals surface area contributed by atoms with Gasteiger partial charge in [0, 0.05) is 7.05 Å². The number of primary sulfonamides is 1. The lowest BCUT2D eigenvalue weighted by atomic mass is 10.1. The van der Waals surface area contributed by atoms with Gasteiger partial charge in [-0.05, 0) is 24.6 Å². The van der Waals surface area contributed by atoms with E-state index in [1.165, 1.54) is 18.3 Å². The van der Waals surface area contributed by atoms with Crippen LogP contribution in [0.3, 0.4) is 0 Å². The predicted molar refractivity (Wildman–Crippen MR) is 76.7 cm³/mol. The van der Waals surface area contributed by atoms with Gasteiger partial charge in [-0.2, -0.15) is 0 Å². The molecule has 8 heteroatoms. The van der Waals surface area contributed by atoms with Crippen molar-refractivity contribution < 1.29 is 12.8 Å². The number of hydrogen-bond acceptors (Lipinski definition) is 5. The van der Waals surface area contributed by atoms with Gasteiger partial charge in [0.2, 0.25) is 10.0 Å². The van der Waals surface area contributed by atoms with Gasteiger partial charge in [0.25, 0.3) is 0 Å². The second-order valence-electron chi connectivity index (χ2n) is 4.35. The highest BCUT2D eigenvalue weighted by molar-refractivity contribution is 7.91. The van der Waals surface area contributed by atoms with E-state index in [2.05, 4.69) is 4.98 Å². The average molecular weight is 315 g/mol. The highest BCUT2D eigenvalue weighted by Gasteiger charge is 2.19. The summed E-state index contributed by atoms with van der Waals surface area (Å²) in [6, 6.07) is 6.07. The molecule has 2 N–H and O–H groups in total. The molecule has 0 bridgehead atoms. The monoisotopic (exact) mass is 315 g/mol. The molecule has 2 aromatic rings. The first-order chi connectivity index (χ1) is 9.29. The van der Waals surface area contributed by atoms with E-state index in [4.69, 9.17) is 5.14 Å². The molecule has 108 valence electrons. The molecular formula is C12H14FN3O2S2. The first kappa shape index (κ1) is 14.9. The quantitative estimate of drug-likeness (QED) is 0.937. The molecular weight excluding hydrogens is 301 g/mol. The van der Waals surface area contributed by atoms with Crippen molar-refractivity contribution in [1.82, 2.24) is 4.98 Å². The molecule has 1 atom stereocenters. The third kappa shape index (κ3) is 3.14. The van der Waals surface area contributed by atoms with E-state index < -0.39 is 10.0 Å². The van der Waals surface area contributed by atoms with Crippen molar-refractivity contribution in [3.63, 3.8) is 0 Å². The molecule has 1 aromatic heterocycles. The van der Waals surface area contributed by atoms with Gasteiger partial charge in [0.15, 0.2) is 9.34 Å². The summed E-state index contributed by atoms with van der Waals surface area (Å²) in [7, 11) is -1.94. The lowest BCUT2D eigenvalue weighted by Crippen LogP contribution is -2.21. The Hall–Kier alpha value is -1.51. The van der Waals surface area contributed by atoms with Crippen LogP contribution < -0.4 is 10.0 Å². The van der Waals surface area contributed by atoms with Crippen molar-refractivity contribution in [2.24, 2.45) is 5.14 Å². The summed E-state index contributed by atoms with van der Waals surface area (Å²) in [6.07, 6.45) is 1.24. The molecule has 0 amide bonds. The lowest BCUT2D eigenvalue weighted by molar-refractivity contribution is 0.599. The Morgan fingerprint density at radius 2 is 1.95 bits per heavy atom. The third-order valence-electron chi connectivity index (χ3n) is 2.99. The Morgan fingerprint density at radius 1 is 1.35 bits per heavy atom. The number of hydrogen-bond donors (Lipinski definition) is 1. The minimum atomic E-state index is -3.73. The van der Waals surface area contributed by atoms with Crippen LogP contribution in [0.5, 0.6) is 0 Å². The minimum Gasteiger partial charge on any atom is -0.344 e. The zero-order valence-electron chi connectivity index (χ0n) is 10.9. The summed E-state index contributed by atoms with van der Waals surface area (Å²) in [5, 5.41) is 5.59. The second-order valence-corrected chi connectivity index (χ2v) is 7.14. The summed E-state index contributed by atoms with van der Waals surface area (Å²) in [5.41, 5.74) is 0.904. The van der Waals surface area contributed by atoms with Gasteiger partial charge < -0.3 is 4.90 Å². The fourth-order valence-electron chi connectivity index (χ4n) is 1.68. The van der Waals surface area contributed by atoms with Crippen molar-refractivity contribution in [3.8, 4) is 0 Å². The largest absolute Gasteiger partial charge is 0.344 e. The molecule has 0 saturated heterocycles. The summed E-state index contributed by atoms with van der Waals surface area (Å²) in [4.78, 5) is 5.87. The number of nitrogens with two attached hydrogens (primary N) is 1. The number of nitrogens with zero attached hydrogens (tertiary/aromatic N) is 2. The van der Waals surface area contributed by atoms with Gasteiger partial charge >= 0.3 is 0 Å². The first-order valence-electron chi connectivity index (χ1n) is 5.76. The maximum Gasteiger partial charge on any atom is 0.249 e. The van der Waals surface area contributed by atoms with E-state index in [0.717, 1.165) is 16.9 Å². The fourth-order valence-corrected chi connectivity index (χ4v) is 3.26. The maximum atomic E-state index is 12.9. The van der Waals surface area contributed by atoms with Crippen LogP contribution in [0.1, 0.15) is 18.5 Å². The lowest BCUT2D eigenvalue weighted by Gasteiger charge is -2.24. The average Bonchev–Trinajstić information content (AvgIpc) is 2.87. The summed E-state index contributed by atoms with van der Waals surface area (Å²) >= 11 is 1.00. The van der Waals surface area contributed by atoms with E-state index >= 15 is 0 Å². The van der Waals surface area contributed by atoms with Gasteiger partial charge in [-0.3, -0.25) is 0 Å². The SMILES string of the molecule is CC(c1ccc(F)cc1)N(C)c1ncc(S(N)(=O)=O)s1. The molecule has 1 unspecified atom stereocenters. The van der Waals surface area contributed by atoms with Gasteiger partial charge in [-0.25, -0.2) is 22.9 Å². The van der Waals surface area contributed by atoms with Crippen LogP contribution in [0.25, 0.3) is 0 Å². The molecule has 0 aliphatic rings. The van der Waals surface area contributed by atoms with Crippen molar-refractivity contribution in [2.45, 2.75) is 17.2 Å². The number of rotatable bonds is 4. The first-order valence-corrected chi connectivity index (χ1v) is 8.12. The van der Waals surface area contributed by atoms with Gasteiger partial charge in [0.1, 0.15) is 5.82 Å². The molecule has 20 heavy (non-hydrogen) atoms. The Kier molecular flexibility index (Phi) is 4.07. The van der Waals surface area contributed by atoms with E-state index in [-0.39, 0.29) is 16.1 Å². The van der Waals surface area contributed by atoms with Gasteiger partial charge in [-0.1, -0.05) is 23.5 Å². The fraction of sp³-hybridized carbons (Fsp3) is 0.250. The molecule has 0 fully saturated rings. The normalized spacial score (nSPS) is 13.2. The van der Waals surface area contributed by atoms with E-state index in [9.17, 15) is 12.8 Å². The van der Waals surface area contributed by atoms with Crippen LogP contribution in [0.4, 0.5) is 9.52 Å². The molecule has 0 aliphatic carbocycles. The molecule has 0 saturated carbocycles. The second kappa shape index (κ2) is 5.47. The van der Waals surface area contributed by atoms with Crippen molar-refractivity contribution in [2.75, 3.05) is 11.9 Å². The highest BCUT2D eigenvalue weighted by Crippen LogP contribution is 2.30. The van der Waals surface area contributed by atoms with E-state index in [1.807, 2.05) is 11.8 Å². The van der Waals surface area contributed by atoms with Crippen LogP contribution in [0.15, 0.2) is 34.7 Å². The summed E-state index contributed by atoms with van der Waals surface area (Å²) in [5.74, 6) is -0.297. The number of halogens is 1. The van der Waals surface area contributed by atoms with Crippen molar-refractivity contribution >= 4 is 26.5 Å². The number of aromatic nitrogens is 1. The molecule has 2 rings (SSSR count). The highest BCUT2D eigenvalue weighted by atomic mass is 32.2. The Morgan fingerprint density at radius 3 is 2.45 bits per heavy atom. The molecule has 0 spiro atoms. The standard InChI is InChI=1S/C12H14FN3O2S2/c1-8(9-3-5-10(13)6-4-9)16(2)12-15-7-11(19-12)20(14,17)18/h3-8H,1-2H3,(H2,14,17,18). The molecule has 0 aliphatic heterocycles. The zero-order chi connectivity index (χ0) is 14.9. The van der Waals surface area contributed by atoms with Crippen LogP contribution >= 0.6 is 11.3 Å². The van der Waals surface area contributed by atoms with Crippen LogP contribution in [0, 0.1) is 5.82 Å². The van der Waals surface area contributed by atoms with E-state index in [1.54, 1.807) is 19.2 Å². The summed E-state index contributed by atoms with van der Waals surface area (Å²) in [6.45, 7) is 1.92. The van der Waals surface area contributed by atoms with Gasteiger partial charge in [0.05, 0.1) is 12.2 Å². The number of sulfonamides is 1. The van der Waals surface area contributed by atoms with Crippen molar-refractivity contribution in [3.05, 3.63) is 41.8 Å². The number of benzene rings is 1. The smallest absolute Gasteiger partial charge is 0.249 e. The van der Waals surface area contributed by atoms with Crippen molar-refractivity contribution in [1.29, 1.82) is 0 Å². The van der Waals surface area contributed by atoms with Crippen LogP contribution in [-0.4, -0.2) is 20.4 Å². The number of thiazole rings is 1. The van der Waals surface area contributed by atoms with Crippen LogP contribution in [-0.2, 0) is 10.0 Å². The summed E-state index contributed by atoms with van der Waals surface area (Å²) < 4.78 is 35.4. The number of anilines is 1. The Labute approximate surface area is 120 Å². The zero-order valence-corrected chi connectivity index (χ0v) is 12.6. The Bertz CT molecular complexity index is 698. The topological polar surface area (TPSA) is 76.3 Å². The third-order valence-corrected chi connectivity index (χ3v) is 5.48. The van der Waals surface area contributed by atoms with E-state index in [0.29, 0.717) is 5.13 Å². The molecule has 1 heterocycles. The molecule has 1 aromatic carbocycles. The molecule has 0 radical (unpaired) electrons. The Balaban J connectivity index is 2.24. The predicted octanol–water partition coefficient (Wildman–Crippen LogP) is 2.13. The van der Waals surface area contributed by atoms with Crippen LogP contribution in [0.2, 0.25) is 0 Å². The molecule has 5 nitrogen and oxygen atoms in total. The maximum absolute atomic E-state index is 12.9. The minimum absolute atomic E-state index is 0.0191.